The molecule has 12 heteroatoms. The van der Waals surface area contributed by atoms with E-state index in [1.165, 1.54) is 51.4 Å². The molecule has 2 aliphatic carbocycles. The van der Waals surface area contributed by atoms with Gasteiger partial charge >= 0.3 is 7.82 Å². The third-order valence-electron chi connectivity index (χ3n) is 8.04. The Labute approximate surface area is 226 Å². The Kier molecular flexibility index (Phi) is 15.2. The molecule has 2 saturated carbocycles. The zero-order valence-electron chi connectivity index (χ0n) is 22.9. The quantitative estimate of drug-likeness (QED) is 0.0837. The molecular formula is C26H51O11P. The Bertz CT molecular complexity index is 682. The maximum atomic E-state index is 12.1. The first-order chi connectivity index (χ1) is 18.0. The van der Waals surface area contributed by atoms with Crippen LogP contribution in [0.1, 0.15) is 84.5 Å². The predicted molar refractivity (Wildman–Crippen MR) is 140 cm³/mol. The summed E-state index contributed by atoms with van der Waals surface area (Å²) in [5.41, 5.74) is 0. The van der Waals surface area contributed by atoms with E-state index in [9.17, 15) is 40.1 Å². The van der Waals surface area contributed by atoms with Gasteiger partial charge in [0.25, 0.3) is 0 Å². The molecule has 0 bridgehead atoms. The summed E-state index contributed by atoms with van der Waals surface area (Å²) in [6.45, 7) is 4.37. The summed E-state index contributed by atoms with van der Waals surface area (Å²) in [6.07, 6.45) is 0.962. The van der Waals surface area contributed by atoms with Crippen molar-refractivity contribution in [3.05, 3.63) is 0 Å². The van der Waals surface area contributed by atoms with Crippen molar-refractivity contribution < 1.29 is 53.9 Å². The molecule has 0 aromatic heterocycles. The van der Waals surface area contributed by atoms with Crippen molar-refractivity contribution in [2.45, 2.75) is 127 Å². The van der Waals surface area contributed by atoms with Crippen LogP contribution in [0.2, 0.25) is 0 Å². The van der Waals surface area contributed by atoms with Crippen LogP contribution >= 0.6 is 7.82 Å². The molecule has 2 aliphatic rings. The molecule has 7 unspecified atom stereocenters. The average Bonchev–Trinajstić information content (AvgIpc) is 3.51. The molecule has 11 nitrogen and oxygen atoms in total. The molecule has 0 aromatic rings. The number of unbranched alkanes of at least 4 members (excludes halogenated alkanes) is 7. The van der Waals surface area contributed by atoms with E-state index in [0.29, 0.717) is 6.61 Å². The lowest BCUT2D eigenvalue weighted by molar-refractivity contribution is -0.220. The first-order valence-electron chi connectivity index (χ1n) is 14.3. The van der Waals surface area contributed by atoms with Gasteiger partial charge in [-0.1, -0.05) is 65.2 Å². The van der Waals surface area contributed by atoms with Crippen molar-refractivity contribution in [1.29, 1.82) is 0 Å². The first-order valence-corrected chi connectivity index (χ1v) is 15.8. The second-order valence-corrected chi connectivity index (χ2v) is 12.5. The number of aliphatic hydroxyl groups is 6. The van der Waals surface area contributed by atoms with Gasteiger partial charge in [0.15, 0.2) is 0 Å². The average molecular weight is 571 g/mol. The fraction of sp³-hybridized carbons (Fsp3) is 1.00. The summed E-state index contributed by atoms with van der Waals surface area (Å²) in [5.74, 6) is 2.77. The van der Waals surface area contributed by atoms with Gasteiger partial charge in [0.2, 0.25) is 0 Å². The van der Waals surface area contributed by atoms with Crippen molar-refractivity contribution in [1.82, 2.24) is 0 Å². The number of hydrogen-bond donors (Lipinski definition) is 7. The van der Waals surface area contributed by atoms with Gasteiger partial charge in [-0.05, 0) is 37.0 Å². The fourth-order valence-electron chi connectivity index (χ4n) is 5.47. The topological polar surface area (TPSA) is 186 Å². The van der Waals surface area contributed by atoms with E-state index in [0.717, 1.165) is 37.0 Å². The number of phosphoric acid groups is 1. The molecule has 2 rings (SSSR count). The molecule has 11 atom stereocenters. The van der Waals surface area contributed by atoms with E-state index >= 15 is 0 Å². The first kappa shape index (κ1) is 34.0. The predicted octanol–water partition coefficient (Wildman–Crippen LogP) is 1.88. The van der Waals surface area contributed by atoms with Crippen LogP contribution in [0.3, 0.4) is 0 Å². The minimum absolute atomic E-state index is 0.114. The van der Waals surface area contributed by atoms with Crippen LogP contribution in [-0.4, -0.2) is 98.1 Å². The van der Waals surface area contributed by atoms with Crippen molar-refractivity contribution in [3.63, 3.8) is 0 Å². The van der Waals surface area contributed by atoms with Crippen LogP contribution in [0, 0.1) is 17.8 Å². The van der Waals surface area contributed by atoms with Crippen LogP contribution < -0.4 is 0 Å². The molecule has 0 aromatic carbocycles. The van der Waals surface area contributed by atoms with Crippen LogP contribution in [0.25, 0.3) is 0 Å². The van der Waals surface area contributed by atoms with Gasteiger partial charge in [0.1, 0.15) is 42.7 Å². The smallest absolute Gasteiger partial charge is 0.388 e. The monoisotopic (exact) mass is 570 g/mol. The van der Waals surface area contributed by atoms with Crippen molar-refractivity contribution in [2.75, 3.05) is 19.8 Å². The van der Waals surface area contributed by atoms with Gasteiger partial charge in [0.05, 0.1) is 13.2 Å². The minimum atomic E-state index is -4.88. The third-order valence-corrected chi connectivity index (χ3v) is 9.03. The summed E-state index contributed by atoms with van der Waals surface area (Å²) < 4.78 is 26.9. The van der Waals surface area contributed by atoms with Crippen LogP contribution in [0.15, 0.2) is 0 Å². The number of hydrogen-bond acceptors (Lipinski definition) is 10. The summed E-state index contributed by atoms with van der Waals surface area (Å²) in [7, 11) is -4.88. The lowest BCUT2D eigenvalue weighted by Gasteiger charge is -2.41. The third kappa shape index (κ3) is 11.0. The largest absolute Gasteiger partial charge is 0.472 e. The molecule has 0 aliphatic heterocycles. The zero-order valence-corrected chi connectivity index (χ0v) is 23.8. The van der Waals surface area contributed by atoms with Gasteiger partial charge in [-0.15, -0.1) is 0 Å². The molecule has 226 valence electrons. The lowest BCUT2D eigenvalue weighted by atomic mass is 9.85. The SMILES string of the molecule is CCCCCCC1C(C)C1CCCCCCCOCC(O)COP(=O)(O)OC1[C@@H](O)[C@H](O)C(O)[C@H](O)[C@@H]1O. The molecule has 7 N–H and O–H groups in total. The molecule has 38 heavy (non-hydrogen) atoms. The van der Waals surface area contributed by atoms with Gasteiger partial charge < -0.3 is 40.3 Å². The van der Waals surface area contributed by atoms with E-state index in [1.54, 1.807) is 0 Å². The highest BCUT2D eigenvalue weighted by atomic mass is 31.2. The standard InChI is InChI=1S/C26H51O11P/c1-3-4-5-9-12-19-17(2)20(19)13-10-7-6-8-11-14-35-15-18(27)16-36-38(33,34)37-26-24(31)22(29)21(28)23(30)25(26)32/h17-32H,3-16H2,1-2H3,(H,33,34)/t17?,18?,19?,20?,21?,22-,23+,24-,25-,26?/m0/s1. The normalized spacial score (nSPS) is 35.7. The summed E-state index contributed by atoms with van der Waals surface area (Å²) in [4.78, 5) is 9.84. The molecule has 0 radical (unpaired) electrons. The highest BCUT2D eigenvalue weighted by Crippen LogP contribution is 2.52. The summed E-state index contributed by atoms with van der Waals surface area (Å²) in [5, 5.41) is 58.7. The van der Waals surface area contributed by atoms with Crippen molar-refractivity contribution in [3.8, 4) is 0 Å². The molecule has 0 spiro atoms. The Morgan fingerprint density at radius 3 is 1.82 bits per heavy atom. The van der Waals surface area contributed by atoms with Crippen LogP contribution in [0.5, 0.6) is 0 Å². The van der Waals surface area contributed by atoms with E-state index in [4.69, 9.17) is 13.8 Å². The molecular weight excluding hydrogens is 519 g/mol. The molecule has 0 amide bonds. The Balaban J connectivity index is 1.48. The maximum absolute atomic E-state index is 12.1. The zero-order chi connectivity index (χ0) is 28.3. The van der Waals surface area contributed by atoms with Gasteiger partial charge in [-0.25, -0.2) is 4.57 Å². The summed E-state index contributed by atoms with van der Waals surface area (Å²) in [6, 6.07) is 0. The molecule has 0 saturated heterocycles. The minimum Gasteiger partial charge on any atom is -0.388 e. The van der Waals surface area contributed by atoms with Gasteiger partial charge in [0, 0.05) is 6.61 Å². The Hall–Kier alpha value is -0.170. The number of aliphatic hydroxyl groups excluding tert-OH is 6. The van der Waals surface area contributed by atoms with Gasteiger partial charge in [-0.2, -0.15) is 0 Å². The number of phosphoric ester groups is 1. The van der Waals surface area contributed by atoms with E-state index in [-0.39, 0.29) is 6.61 Å². The number of rotatable bonds is 20. The molecule has 0 heterocycles. The second-order valence-electron chi connectivity index (χ2n) is 11.1. The Morgan fingerprint density at radius 2 is 1.24 bits per heavy atom. The highest BCUT2D eigenvalue weighted by Gasteiger charge is 2.51. The summed E-state index contributed by atoms with van der Waals surface area (Å²) >= 11 is 0. The Morgan fingerprint density at radius 1 is 0.737 bits per heavy atom. The van der Waals surface area contributed by atoms with E-state index in [2.05, 4.69) is 13.8 Å². The maximum Gasteiger partial charge on any atom is 0.472 e. The van der Waals surface area contributed by atoms with Crippen molar-refractivity contribution in [2.24, 2.45) is 17.8 Å². The van der Waals surface area contributed by atoms with Gasteiger partial charge in [-0.3, -0.25) is 9.05 Å². The second kappa shape index (κ2) is 16.9. The van der Waals surface area contributed by atoms with Crippen LogP contribution in [0.4, 0.5) is 0 Å². The highest BCUT2D eigenvalue weighted by molar-refractivity contribution is 7.47. The van der Waals surface area contributed by atoms with E-state index in [1.807, 2.05) is 0 Å². The van der Waals surface area contributed by atoms with Crippen LogP contribution in [-0.2, 0) is 18.3 Å². The lowest BCUT2D eigenvalue weighted by Crippen LogP contribution is -2.64. The number of ether oxygens (including phenoxy) is 1. The van der Waals surface area contributed by atoms with Crippen molar-refractivity contribution >= 4 is 7.82 Å². The molecule has 2 fully saturated rings. The van der Waals surface area contributed by atoms with E-state index < -0.39 is 57.2 Å². The fourth-order valence-corrected chi connectivity index (χ4v) is 6.44.